The van der Waals surface area contributed by atoms with Gasteiger partial charge in [0.2, 0.25) is 0 Å². The van der Waals surface area contributed by atoms with Crippen LogP contribution in [-0.4, -0.2) is 45.7 Å². The monoisotopic (exact) mass is 498 g/mol. The second-order valence-corrected chi connectivity index (χ2v) is 9.14. The molecule has 0 aromatic carbocycles. The zero-order valence-electron chi connectivity index (χ0n) is 18.8. The molecule has 4 heterocycles. The Morgan fingerprint density at radius 1 is 1.15 bits per heavy atom. The van der Waals surface area contributed by atoms with Gasteiger partial charge in [-0.3, -0.25) is 4.79 Å². The third-order valence-corrected chi connectivity index (χ3v) is 6.98. The number of carbonyl (C=O) groups is 3. The van der Waals surface area contributed by atoms with Crippen LogP contribution in [0.15, 0.2) is 36.0 Å². The number of hydrogen-bond donors (Lipinski definition) is 1. The van der Waals surface area contributed by atoms with Gasteiger partial charge in [-0.25, -0.2) is 19.1 Å². The van der Waals surface area contributed by atoms with Crippen molar-refractivity contribution in [1.82, 2.24) is 14.6 Å². The van der Waals surface area contributed by atoms with Crippen LogP contribution >= 0.6 is 22.7 Å². The SMILES string of the molecule is CCCOC(=O)c1c(NC(=O)c2cnn3c(-c4cccs4)ccnc23)sc(C(=O)OCC)c1C. The van der Waals surface area contributed by atoms with Crippen LogP contribution in [0.3, 0.4) is 0 Å². The fourth-order valence-electron chi connectivity index (χ4n) is 3.34. The first kappa shape index (κ1) is 23.6. The smallest absolute Gasteiger partial charge is 0.348 e. The number of thiophene rings is 2. The number of aromatic nitrogens is 3. The highest BCUT2D eigenvalue weighted by atomic mass is 32.1. The van der Waals surface area contributed by atoms with Gasteiger partial charge in [-0.05, 0) is 43.3 Å². The highest BCUT2D eigenvalue weighted by molar-refractivity contribution is 7.18. The van der Waals surface area contributed by atoms with Crippen molar-refractivity contribution in [2.75, 3.05) is 18.5 Å². The minimum Gasteiger partial charge on any atom is -0.462 e. The third-order valence-electron chi connectivity index (χ3n) is 4.90. The summed E-state index contributed by atoms with van der Waals surface area (Å²) in [5, 5.41) is 9.27. The average molecular weight is 499 g/mol. The molecule has 0 unspecified atom stereocenters. The van der Waals surface area contributed by atoms with Crippen LogP contribution in [-0.2, 0) is 9.47 Å². The Hall–Kier alpha value is -3.57. The number of ether oxygens (including phenoxy) is 2. The molecule has 9 nitrogen and oxygen atoms in total. The van der Waals surface area contributed by atoms with E-state index in [1.807, 2.05) is 30.5 Å². The van der Waals surface area contributed by atoms with Gasteiger partial charge in [-0.2, -0.15) is 5.10 Å². The summed E-state index contributed by atoms with van der Waals surface area (Å²) in [6.45, 7) is 5.62. The molecule has 0 aliphatic rings. The zero-order chi connectivity index (χ0) is 24.2. The van der Waals surface area contributed by atoms with Crippen LogP contribution in [0.5, 0.6) is 0 Å². The van der Waals surface area contributed by atoms with Crippen LogP contribution < -0.4 is 5.32 Å². The van der Waals surface area contributed by atoms with Gasteiger partial charge in [0.1, 0.15) is 15.4 Å². The maximum absolute atomic E-state index is 13.2. The van der Waals surface area contributed by atoms with Gasteiger partial charge in [0.25, 0.3) is 5.91 Å². The summed E-state index contributed by atoms with van der Waals surface area (Å²) in [7, 11) is 0. The molecular formula is C23H22N4O5S2. The number of anilines is 1. The average Bonchev–Trinajstić information content (AvgIpc) is 3.56. The molecule has 1 N–H and O–H groups in total. The first-order valence-electron chi connectivity index (χ1n) is 10.6. The molecule has 0 fully saturated rings. The molecule has 0 radical (unpaired) electrons. The van der Waals surface area contributed by atoms with E-state index < -0.39 is 17.8 Å². The van der Waals surface area contributed by atoms with Crippen LogP contribution in [0.1, 0.15) is 56.2 Å². The number of rotatable bonds is 8. The molecule has 176 valence electrons. The van der Waals surface area contributed by atoms with Crippen molar-refractivity contribution in [3.63, 3.8) is 0 Å². The largest absolute Gasteiger partial charge is 0.462 e. The number of amides is 1. The van der Waals surface area contributed by atoms with Crippen molar-refractivity contribution in [1.29, 1.82) is 0 Å². The Morgan fingerprint density at radius 3 is 2.68 bits per heavy atom. The van der Waals surface area contributed by atoms with Crippen LogP contribution in [0.4, 0.5) is 5.00 Å². The van der Waals surface area contributed by atoms with Crippen molar-refractivity contribution >= 4 is 51.2 Å². The molecule has 0 aliphatic heterocycles. The van der Waals surface area contributed by atoms with E-state index >= 15 is 0 Å². The molecule has 0 saturated carbocycles. The molecule has 4 rings (SSSR count). The van der Waals surface area contributed by atoms with Gasteiger partial charge in [-0.1, -0.05) is 13.0 Å². The van der Waals surface area contributed by atoms with E-state index in [-0.39, 0.29) is 34.2 Å². The summed E-state index contributed by atoms with van der Waals surface area (Å²) in [5.41, 5.74) is 1.95. The highest BCUT2D eigenvalue weighted by Gasteiger charge is 2.28. The van der Waals surface area contributed by atoms with Crippen LogP contribution in [0.25, 0.3) is 16.2 Å². The first-order chi connectivity index (χ1) is 16.5. The van der Waals surface area contributed by atoms with E-state index in [0.717, 1.165) is 21.9 Å². The Kier molecular flexibility index (Phi) is 7.03. The van der Waals surface area contributed by atoms with Gasteiger partial charge in [0, 0.05) is 6.20 Å². The number of carbonyl (C=O) groups excluding carboxylic acids is 3. The van der Waals surface area contributed by atoms with Gasteiger partial charge >= 0.3 is 11.9 Å². The maximum Gasteiger partial charge on any atom is 0.348 e. The molecule has 0 bridgehead atoms. The van der Waals surface area contributed by atoms with E-state index in [0.29, 0.717) is 17.6 Å². The summed E-state index contributed by atoms with van der Waals surface area (Å²) in [6.07, 6.45) is 3.68. The van der Waals surface area contributed by atoms with Crippen molar-refractivity contribution in [3.05, 3.63) is 57.5 Å². The topological polar surface area (TPSA) is 112 Å². The molecule has 11 heteroatoms. The maximum atomic E-state index is 13.2. The van der Waals surface area contributed by atoms with Gasteiger partial charge in [0.05, 0.1) is 35.5 Å². The van der Waals surface area contributed by atoms with E-state index in [2.05, 4.69) is 15.4 Å². The fourth-order valence-corrected chi connectivity index (χ4v) is 5.16. The van der Waals surface area contributed by atoms with Crippen LogP contribution in [0, 0.1) is 6.92 Å². The third kappa shape index (κ3) is 4.44. The molecule has 34 heavy (non-hydrogen) atoms. The molecule has 0 saturated heterocycles. The molecule has 4 aromatic heterocycles. The van der Waals surface area contributed by atoms with E-state index in [1.54, 1.807) is 35.9 Å². The first-order valence-corrected chi connectivity index (χ1v) is 12.3. The van der Waals surface area contributed by atoms with E-state index in [1.165, 1.54) is 6.20 Å². The standard InChI is InChI=1S/C23H22N4O5S2/c1-4-10-32-22(29)17-13(3)18(23(30)31-5-2)34-21(17)26-20(28)14-12-25-27-15(8-9-24-19(14)27)16-7-6-11-33-16/h6-9,11-12H,4-5,10H2,1-3H3,(H,26,28). The quantitative estimate of drug-likeness (QED) is 0.347. The van der Waals surface area contributed by atoms with Gasteiger partial charge in [0.15, 0.2) is 5.65 Å². The normalized spacial score (nSPS) is 10.9. The molecule has 0 atom stereocenters. The summed E-state index contributed by atoms with van der Waals surface area (Å²) in [5.74, 6) is -1.68. The summed E-state index contributed by atoms with van der Waals surface area (Å²) >= 11 is 2.53. The lowest BCUT2D eigenvalue weighted by Gasteiger charge is -2.07. The number of nitrogens with zero attached hydrogens (tertiary/aromatic N) is 3. The van der Waals surface area contributed by atoms with Crippen molar-refractivity contribution in [2.24, 2.45) is 0 Å². The summed E-state index contributed by atoms with van der Waals surface area (Å²) in [6, 6.07) is 5.72. The summed E-state index contributed by atoms with van der Waals surface area (Å²) < 4.78 is 12.0. The molecule has 4 aromatic rings. The van der Waals surface area contributed by atoms with Gasteiger partial charge < -0.3 is 14.8 Å². The lowest BCUT2D eigenvalue weighted by atomic mass is 10.1. The molecule has 0 spiro atoms. The van der Waals surface area contributed by atoms with E-state index in [9.17, 15) is 14.4 Å². The minimum atomic E-state index is -0.612. The number of hydrogen-bond acceptors (Lipinski definition) is 9. The van der Waals surface area contributed by atoms with Crippen molar-refractivity contribution in [2.45, 2.75) is 27.2 Å². The Labute approximate surface area is 203 Å². The van der Waals surface area contributed by atoms with E-state index in [4.69, 9.17) is 9.47 Å². The number of esters is 2. The lowest BCUT2D eigenvalue weighted by Crippen LogP contribution is -2.15. The minimum absolute atomic E-state index is 0.138. The Morgan fingerprint density at radius 2 is 1.97 bits per heavy atom. The van der Waals surface area contributed by atoms with Crippen LogP contribution in [0.2, 0.25) is 0 Å². The number of fused-ring (bicyclic) bond motifs is 1. The molecule has 1 amide bonds. The number of nitrogens with one attached hydrogen (secondary N) is 1. The summed E-state index contributed by atoms with van der Waals surface area (Å²) in [4.78, 5) is 43.9. The second kappa shape index (κ2) is 10.1. The van der Waals surface area contributed by atoms with Crippen molar-refractivity contribution in [3.8, 4) is 10.6 Å². The van der Waals surface area contributed by atoms with Crippen molar-refractivity contribution < 1.29 is 23.9 Å². The molecule has 0 aliphatic carbocycles. The zero-order valence-corrected chi connectivity index (χ0v) is 20.4. The predicted molar refractivity (Wildman–Crippen MR) is 130 cm³/mol. The Balaban J connectivity index is 1.71. The Bertz CT molecular complexity index is 1360. The predicted octanol–water partition coefficient (Wildman–Crippen LogP) is 4.82. The second-order valence-electron chi connectivity index (χ2n) is 7.17. The molecular weight excluding hydrogens is 476 g/mol. The van der Waals surface area contributed by atoms with Gasteiger partial charge in [-0.15, -0.1) is 22.7 Å². The lowest BCUT2D eigenvalue weighted by molar-refractivity contribution is 0.0506. The fraction of sp³-hybridized carbons (Fsp3) is 0.261. The highest BCUT2D eigenvalue weighted by Crippen LogP contribution is 2.35.